The zero-order chi connectivity index (χ0) is 12.0. The predicted octanol–water partition coefficient (Wildman–Crippen LogP) is 1.83. The minimum atomic E-state index is -0.362. The Labute approximate surface area is 108 Å². The van der Waals surface area contributed by atoms with E-state index in [1.807, 2.05) is 4.90 Å². The first-order valence-electron chi connectivity index (χ1n) is 5.16. The monoisotopic (exact) mass is 268 g/mol. The number of benzene rings is 1. The molecule has 3 rings (SSSR count). The molecule has 1 aromatic rings. The SMILES string of the molecule is O=C1[C@@H]2CSCN2C(=S)N1c1cccc(F)c1. The molecule has 17 heavy (non-hydrogen) atoms. The van der Waals surface area contributed by atoms with Crippen LogP contribution in [0.2, 0.25) is 0 Å². The number of hydrogen-bond donors (Lipinski definition) is 0. The van der Waals surface area contributed by atoms with E-state index in [9.17, 15) is 9.18 Å². The molecular formula is C11H9FN2OS2. The van der Waals surface area contributed by atoms with Gasteiger partial charge in [-0.2, -0.15) is 0 Å². The van der Waals surface area contributed by atoms with Gasteiger partial charge in [-0.25, -0.2) is 4.39 Å². The highest BCUT2D eigenvalue weighted by Crippen LogP contribution is 2.32. The number of hydrogen-bond acceptors (Lipinski definition) is 3. The molecule has 0 radical (unpaired) electrons. The van der Waals surface area contributed by atoms with E-state index in [0.29, 0.717) is 10.8 Å². The maximum atomic E-state index is 13.2. The minimum absolute atomic E-state index is 0.0504. The van der Waals surface area contributed by atoms with Crippen molar-refractivity contribution < 1.29 is 9.18 Å². The van der Waals surface area contributed by atoms with Crippen LogP contribution in [0.3, 0.4) is 0 Å². The lowest BCUT2D eigenvalue weighted by Crippen LogP contribution is -2.32. The van der Waals surface area contributed by atoms with Crippen LogP contribution in [0.5, 0.6) is 0 Å². The third kappa shape index (κ3) is 1.63. The Kier molecular flexibility index (Phi) is 2.56. The van der Waals surface area contributed by atoms with E-state index in [2.05, 4.69) is 0 Å². The van der Waals surface area contributed by atoms with Gasteiger partial charge in [-0.05, 0) is 30.4 Å². The third-order valence-corrected chi connectivity index (χ3v) is 4.32. The molecule has 0 unspecified atom stereocenters. The Morgan fingerprint density at radius 3 is 3.00 bits per heavy atom. The van der Waals surface area contributed by atoms with E-state index >= 15 is 0 Å². The van der Waals surface area contributed by atoms with Crippen LogP contribution >= 0.6 is 24.0 Å². The van der Waals surface area contributed by atoms with Gasteiger partial charge in [-0.3, -0.25) is 9.69 Å². The smallest absolute Gasteiger partial charge is 0.256 e. The molecule has 2 aliphatic heterocycles. The predicted molar refractivity (Wildman–Crippen MR) is 69.4 cm³/mol. The van der Waals surface area contributed by atoms with E-state index in [0.717, 1.165) is 11.6 Å². The summed E-state index contributed by atoms with van der Waals surface area (Å²) in [6.07, 6.45) is 0. The van der Waals surface area contributed by atoms with Gasteiger partial charge in [0.1, 0.15) is 11.9 Å². The Hall–Kier alpha value is -1.14. The Bertz CT molecular complexity index is 486. The number of anilines is 1. The van der Waals surface area contributed by atoms with Gasteiger partial charge in [0.05, 0.1) is 11.6 Å². The van der Waals surface area contributed by atoms with Crippen LogP contribution in [0.15, 0.2) is 24.3 Å². The molecule has 0 spiro atoms. The summed E-state index contributed by atoms with van der Waals surface area (Å²) in [6.45, 7) is 0. The van der Waals surface area contributed by atoms with E-state index in [-0.39, 0.29) is 17.8 Å². The fourth-order valence-electron chi connectivity index (χ4n) is 2.06. The second kappa shape index (κ2) is 3.96. The summed E-state index contributed by atoms with van der Waals surface area (Å²) in [5.74, 6) is 1.08. The molecule has 2 fully saturated rings. The van der Waals surface area contributed by atoms with E-state index < -0.39 is 0 Å². The Balaban J connectivity index is 1.99. The van der Waals surface area contributed by atoms with Gasteiger partial charge in [-0.15, -0.1) is 11.8 Å². The standard InChI is InChI=1S/C11H9FN2OS2/c12-7-2-1-3-8(4-7)14-10(15)9-5-17-6-13(9)11(14)16/h1-4,9H,5-6H2/t9-/m0/s1. The van der Waals surface area contributed by atoms with Crippen molar-refractivity contribution in [2.75, 3.05) is 16.5 Å². The summed E-state index contributed by atoms with van der Waals surface area (Å²) in [4.78, 5) is 15.5. The van der Waals surface area contributed by atoms with E-state index in [1.54, 1.807) is 23.9 Å². The second-order valence-corrected chi connectivity index (χ2v) is 5.29. The van der Waals surface area contributed by atoms with Crippen molar-refractivity contribution >= 4 is 40.7 Å². The molecule has 0 saturated carbocycles. The summed E-state index contributed by atoms with van der Waals surface area (Å²) in [5.41, 5.74) is 0.513. The van der Waals surface area contributed by atoms with Crippen LogP contribution < -0.4 is 4.90 Å². The molecule has 0 bridgehead atoms. The topological polar surface area (TPSA) is 23.6 Å². The number of amides is 1. The molecule has 0 N–H and O–H groups in total. The van der Waals surface area contributed by atoms with Gasteiger partial charge in [0.2, 0.25) is 0 Å². The molecule has 1 atom stereocenters. The molecule has 2 heterocycles. The molecule has 2 aliphatic rings. The quantitative estimate of drug-likeness (QED) is 0.725. The summed E-state index contributed by atoms with van der Waals surface area (Å²) in [7, 11) is 0. The first-order chi connectivity index (χ1) is 8.18. The van der Waals surface area contributed by atoms with Crippen molar-refractivity contribution in [2.45, 2.75) is 6.04 Å². The number of nitrogens with zero attached hydrogens (tertiary/aromatic N) is 2. The zero-order valence-corrected chi connectivity index (χ0v) is 10.4. The van der Waals surface area contributed by atoms with Crippen molar-refractivity contribution in [3.63, 3.8) is 0 Å². The fraction of sp³-hybridized carbons (Fsp3) is 0.273. The lowest BCUT2D eigenvalue weighted by molar-refractivity contribution is -0.118. The minimum Gasteiger partial charge on any atom is -0.326 e. The third-order valence-electron chi connectivity index (χ3n) is 2.89. The zero-order valence-electron chi connectivity index (χ0n) is 8.80. The largest absolute Gasteiger partial charge is 0.326 e. The highest BCUT2D eigenvalue weighted by molar-refractivity contribution is 7.99. The normalized spacial score (nSPS) is 23.5. The van der Waals surface area contributed by atoms with Crippen molar-refractivity contribution in [3.8, 4) is 0 Å². The number of thioether (sulfide) groups is 1. The van der Waals surface area contributed by atoms with Crippen molar-refractivity contribution in [2.24, 2.45) is 0 Å². The van der Waals surface area contributed by atoms with Gasteiger partial charge >= 0.3 is 0 Å². The first kappa shape index (κ1) is 11.0. The molecule has 6 heteroatoms. The molecule has 0 aromatic heterocycles. The van der Waals surface area contributed by atoms with E-state index in [4.69, 9.17) is 12.2 Å². The van der Waals surface area contributed by atoms with Crippen LogP contribution in [0.1, 0.15) is 0 Å². The molecule has 0 aliphatic carbocycles. The average Bonchev–Trinajstić information content (AvgIpc) is 2.84. The van der Waals surface area contributed by atoms with Crippen molar-refractivity contribution in [3.05, 3.63) is 30.1 Å². The summed E-state index contributed by atoms with van der Waals surface area (Å²) in [6, 6.07) is 5.79. The number of rotatable bonds is 1. The molecule has 2 saturated heterocycles. The van der Waals surface area contributed by atoms with Gasteiger partial charge in [0.15, 0.2) is 5.11 Å². The van der Waals surface area contributed by atoms with Crippen molar-refractivity contribution in [1.29, 1.82) is 0 Å². The van der Waals surface area contributed by atoms with Gasteiger partial charge in [-0.1, -0.05) is 6.07 Å². The summed E-state index contributed by atoms with van der Waals surface area (Å²) >= 11 is 6.97. The van der Waals surface area contributed by atoms with Crippen molar-refractivity contribution in [1.82, 2.24) is 4.90 Å². The average molecular weight is 268 g/mol. The van der Waals surface area contributed by atoms with Gasteiger partial charge in [0.25, 0.3) is 5.91 Å². The van der Waals surface area contributed by atoms with Gasteiger partial charge in [0, 0.05) is 5.75 Å². The first-order valence-corrected chi connectivity index (χ1v) is 6.72. The number of thiocarbonyl (C=S) groups is 1. The van der Waals surface area contributed by atoms with Crippen LogP contribution in [-0.4, -0.2) is 33.6 Å². The lowest BCUT2D eigenvalue weighted by Gasteiger charge is -2.18. The molecule has 3 nitrogen and oxygen atoms in total. The van der Waals surface area contributed by atoms with Crippen LogP contribution in [0.25, 0.3) is 0 Å². The van der Waals surface area contributed by atoms with Crippen LogP contribution in [0.4, 0.5) is 10.1 Å². The Morgan fingerprint density at radius 1 is 1.47 bits per heavy atom. The second-order valence-electron chi connectivity index (χ2n) is 3.92. The number of halogens is 1. The maximum Gasteiger partial charge on any atom is 0.256 e. The molecule has 1 amide bonds. The maximum absolute atomic E-state index is 13.2. The lowest BCUT2D eigenvalue weighted by atomic mass is 10.2. The highest BCUT2D eigenvalue weighted by Gasteiger charge is 2.45. The number of fused-ring (bicyclic) bond motifs is 1. The molecular weight excluding hydrogens is 259 g/mol. The van der Waals surface area contributed by atoms with Gasteiger partial charge < -0.3 is 4.90 Å². The summed E-state index contributed by atoms with van der Waals surface area (Å²) in [5, 5.41) is 0.482. The van der Waals surface area contributed by atoms with Crippen LogP contribution in [-0.2, 0) is 4.79 Å². The molecule has 88 valence electrons. The number of carbonyl (C=O) groups excluding carboxylic acids is 1. The fourth-order valence-corrected chi connectivity index (χ4v) is 3.68. The molecule has 1 aromatic carbocycles. The van der Waals surface area contributed by atoms with Crippen LogP contribution in [0, 0.1) is 5.82 Å². The number of carbonyl (C=O) groups is 1. The van der Waals surface area contributed by atoms with E-state index in [1.165, 1.54) is 17.0 Å². The summed E-state index contributed by atoms with van der Waals surface area (Å²) < 4.78 is 13.2. The Morgan fingerprint density at radius 2 is 2.29 bits per heavy atom. The highest BCUT2D eigenvalue weighted by atomic mass is 32.2.